The number of fused-ring (bicyclic) bond motifs is 2. The van der Waals surface area contributed by atoms with Gasteiger partial charge in [0.1, 0.15) is 18.2 Å². The topological polar surface area (TPSA) is 75.7 Å². The van der Waals surface area contributed by atoms with Crippen LogP contribution in [0.1, 0.15) is 21.5 Å². The van der Waals surface area contributed by atoms with E-state index in [1.807, 2.05) is 48.5 Å². The van der Waals surface area contributed by atoms with Gasteiger partial charge in [0, 0.05) is 6.07 Å². The maximum absolute atomic E-state index is 13.7. The van der Waals surface area contributed by atoms with Crippen LogP contribution < -0.4 is 10.2 Å². The molecule has 0 saturated heterocycles. The van der Waals surface area contributed by atoms with E-state index in [0.29, 0.717) is 6.07 Å². The van der Waals surface area contributed by atoms with Crippen molar-refractivity contribution in [2.24, 2.45) is 0 Å². The summed E-state index contributed by atoms with van der Waals surface area (Å²) < 4.78 is 31.7. The lowest BCUT2D eigenvalue weighted by Gasteiger charge is -2.24. The van der Waals surface area contributed by atoms with Gasteiger partial charge in [-0.05, 0) is 48.2 Å². The van der Waals surface area contributed by atoms with Crippen LogP contribution >= 0.6 is 0 Å². The Labute approximate surface area is 188 Å². The number of hydrogen-bond acceptors (Lipinski definition) is 4. The number of nitrogens with zero attached hydrogens (tertiary/aromatic N) is 1. The summed E-state index contributed by atoms with van der Waals surface area (Å²) in [6.45, 7) is -1.11. The van der Waals surface area contributed by atoms with Crippen LogP contribution in [0.4, 0.5) is 20.2 Å². The van der Waals surface area contributed by atoms with Crippen LogP contribution in [0.5, 0.6) is 0 Å². The molecular formula is C25H20F2N2O4. The Bertz CT molecular complexity index is 1180. The molecule has 33 heavy (non-hydrogen) atoms. The number of para-hydroxylation sites is 2. The number of ether oxygens (including phenoxy) is 1. The van der Waals surface area contributed by atoms with E-state index >= 15 is 0 Å². The van der Waals surface area contributed by atoms with Crippen molar-refractivity contribution in [3.8, 4) is 0 Å². The molecule has 8 heteroatoms. The summed E-state index contributed by atoms with van der Waals surface area (Å²) in [6, 6.07) is 17.6. The Hall–Kier alpha value is -4.07. The van der Waals surface area contributed by atoms with E-state index in [1.54, 1.807) is 0 Å². The number of esters is 1. The Morgan fingerprint density at radius 1 is 0.879 bits per heavy atom. The molecular weight excluding hydrogens is 430 g/mol. The van der Waals surface area contributed by atoms with Gasteiger partial charge < -0.3 is 10.1 Å². The average Bonchev–Trinajstić information content (AvgIpc) is 2.98. The standard InChI is InChI=1S/C25H20F2N2O4/c26-18-11-12-19(20(27)13-18)25(32)28-14-24(31)33-15-23(30)29-21-7-3-1-5-16(21)9-10-17-6-2-4-8-22(17)29/h1-8,11-13H,9-10,14-15H2,(H,28,32). The van der Waals surface area contributed by atoms with Gasteiger partial charge in [0.25, 0.3) is 11.8 Å². The molecule has 0 atom stereocenters. The molecule has 0 aliphatic carbocycles. The third-order valence-electron chi connectivity index (χ3n) is 5.30. The molecule has 0 fully saturated rings. The van der Waals surface area contributed by atoms with E-state index in [-0.39, 0.29) is 0 Å². The van der Waals surface area contributed by atoms with E-state index in [2.05, 4.69) is 5.32 Å². The number of carbonyl (C=O) groups excluding carboxylic acids is 3. The first-order chi connectivity index (χ1) is 15.9. The molecule has 3 aromatic rings. The van der Waals surface area contributed by atoms with Crippen LogP contribution in [0.25, 0.3) is 0 Å². The zero-order valence-electron chi connectivity index (χ0n) is 17.5. The Morgan fingerprint density at radius 3 is 2.09 bits per heavy atom. The summed E-state index contributed by atoms with van der Waals surface area (Å²) in [5, 5.41) is 2.20. The Balaban J connectivity index is 1.41. The van der Waals surface area contributed by atoms with Crippen molar-refractivity contribution in [1.82, 2.24) is 5.32 Å². The summed E-state index contributed by atoms with van der Waals surface area (Å²) >= 11 is 0. The maximum Gasteiger partial charge on any atom is 0.325 e. The highest BCUT2D eigenvalue weighted by atomic mass is 19.1. The van der Waals surface area contributed by atoms with Crippen molar-refractivity contribution in [2.75, 3.05) is 18.1 Å². The molecule has 168 valence electrons. The molecule has 0 unspecified atom stereocenters. The van der Waals surface area contributed by atoms with Crippen molar-refractivity contribution < 1.29 is 27.9 Å². The molecule has 1 heterocycles. The molecule has 1 N–H and O–H groups in total. The van der Waals surface area contributed by atoms with E-state index in [9.17, 15) is 23.2 Å². The number of nitrogens with one attached hydrogen (secondary N) is 1. The maximum atomic E-state index is 13.7. The minimum absolute atomic E-state index is 0.405. The van der Waals surface area contributed by atoms with Crippen molar-refractivity contribution in [3.05, 3.63) is 95.1 Å². The van der Waals surface area contributed by atoms with Gasteiger partial charge in [-0.1, -0.05) is 36.4 Å². The Morgan fingerprint density at radius 2 is 1.48 bits per heavy atom. The van der Waals surface area contributed by atoms with Gasteiger partial charge in [0.2, 0.25) is 0 Å². The average molecular weight is 450 g/mol. The molecule has 4 rings (SSSR count). The minimum atomic E-state index is -1.05. The molecule has 0 radical (unpaired) electrons. The van der Waals surface area contributed by atoms with Gasteiger partial charge in [-0.2, -0.15) is 0 Å². The lowest BCUT2D eigenvalue weighted by atomic mass is 10.0. The second-order valence-corrected chi connectivity index (χ2v) is 7.45. The quantitative estimate of drug-likeness (QED) is 0.602. The predicted octanol–water partition coefficient (Wildman–Crippen LogP) is 3.70. The first kappa shape index (κ1) is 22.1. The summed E-state index contributed by atoms with van der Waals surface area (Å²) in [4.78, 5) is 38.8. The van der Waals surface area contributed by atoms with Crippen LogP contribution in [0.15, 0.2) is 66.7 Å². The van der Waals surface area contributed by atoms with E-state index in [1.165, 1.54) is 4.90 Å². The molecule has 2 amide bonds. The number of benzene rings is 3. The van der Waals surface area contributed by atoms with Crippen LogP contribution in [0, 0.1) is 11.6 Å². The highest BCUT2D eigenvalue weighted by Gasteiger charge is 2.26. The molecule has 1 aliphatic rings. The van der Waals surface area contributed by atoms with Gasteiger partial charge in [0.05, 0.1) is 16.9 Å². The normalized spacial score (nSPS) is 12.2. The van der Waals surface area contributed by atoms with Gasteiger partial charge in [0.15, 0.2) is 6.61 Å². The smallest absolute Gasteiger partial charge is 0.325 e. The van der Waals surface area contributed by atoms with Crippen molar-refractivity contribution >= 4 is 29.2 Å². The number of rotatable bonds is 5. The van der Waals surface area contributed by atoms with Gasteiger partial charge in [-0.15, -0.1) is 0 Å². The summed E-state index contributed by atoms with van der Waals surface area (Å²) in [6.07, 6.45) is 1.53. The SMILES string of the molecule is O=C(CNC(=O)c1ccc(F)cc1F)OCC(=O)N1c2ccccc2CCc2ccccc21. The van der Waals surface area contributed by atoms with Gasteiger partial charge in [-0.3, -0.25) is 19.3 Å². The summed E-state index contributed by atoms with van der Waals surface area (Å²) in [7, 11) is 0. The number of amides is 2. The van der Waals surface area contributed by atoms with Crippen molar-refractivity contribution in [2.45, 2.75) is 12.8 Å². The molecule has 0 spiro atoms. The molecule has 0 aromatic heterocycles. The molecule has 3 aromatic carbocycles. The second-order valence-electron chi connectivity index (χ2n) is 7.45. The van der Waals surface area contributed by atoms with Crippen molar-refractivity contribution in [3.63, 3.8) is 0 Å². The van der Waals surface area contributed by atoms with Crippen molar-refractivity contribution in [1.29, 1.82) is 0 Å². The zero-order chi connectivity index (χ0) is 23.4. The fourth-order valence-corrected chi connectivity index (χ4v) is 3.73. The largest absolute Gasteiger partial charge is 0.454 e. The van der Waals surface area contributed by atoms with Gasteiger partial charge >= 0.3 is 5.97 Å². The van der Waals surface area contributed by atoms with E-state index in [4.69, 9.17) is 4.74 Å². The third-order valence-corrected chi connectivity index (χ3v) is 5.30. The van der Waals surface area contributed by atoms with Crippen LogP contribution in [-0.2, 0) is 27.2 Å². The van der Waals surface area contributed by atoms with Crippen LogP contribution in [0.2, 0.25) is 0 Å². The molecule has 0 saturated carbocycles. The lowest BCUT2D eigenvalue weighted by molar-refractivity contribution is -0.146. The van der Waals surface area contributed by atoms with E-state index in [0.717, 1.165) is 47.5 Å². The fourth-order valence-electron chi connectivity index (χ4n) is 3.73. The highest BCUT2D eigenvalue weighted by molar-refractivity contribution is 6.03. The highest BCUT2D eigenvalue weighted by Crippen LogP contribution is 2.35. The summed E-state index contributed by atoms with van der Waals surface area (Å²) in [5.41, 5.74) is 3.05. The van der Waals surface area contributed by atoms with Crippen LogP contribution in [-0.4, -0.2) is 30.9 Å². The van der Waals surface area contributed by atoms with Crippen LogP contribution in [0.3, 0.4) is 0 Å². The lowest BCUT2D eigenvalue weighted by Crippen LogP contribution is -2.35. The fraction of sp³-hybridized carbons (Fsp3) is 0.160. The number of anilines is 2. The summed E-state index contributed by atoms with van der Waals surface area (Å²) in [5.74, 6) is -4.07. The molecule has 0 bridgehead atoms. The first-order valence-electron chi connectivity index (χ1n) is 10.3. The Kier molecular flexibility index (Phi) is 6.44. The number of hydrogen-bond donors (Lipinski definition) is 1. The van der Waals surface area contributed by atoms with E-state index < -0.39 is 48.1 Å². The predicted molar refractivity (Wildman–Crippen MR) is 117 cm³/mol. The second kappa shape index (κ2) is 9.60. The number of halogens is 2. The monoisotopic (exact) mass is 450 g/mol. The third kappa shape index (κ3) is 4.90. The number of aryl methyl sites for hydroxylation is 2. The first-order valence-corrected chi connectivity index (χ1v) is 10.3. The zero-order valence-corrected chi connectivity index (χ0v) is 17.5. The minimum Gasteiger partial charge on any atom is -0.454 e. The number of carbonyl (C=O) groups is 3. The molecule has 6 nitrogen and oxygen atoms in total. The molecule has 1 aliphatic heterocycles. The van der Waals surface area contributed by atoms with Gasteiger partial charge in [-0.25, -0.2) is 8.78 Å².